The van der Waals surface area contributed by atoms with Crippen LogP contribution in [0.15, 0.2) is 81.2 Å². The van der Waals surface area contributed by atoms with Gasteiger partial charge in [0.05, 0.1) is 10.2 Å². The highest BCUT2D eigenvalue weighted by molar-refractivity contribution is 9.10. The first kappa shape index (κ1) is 22.8. The molecule has 3 aromatic carbocycles. The minimum absolute atomic E-state index is 0.0118. The average Bonchev–Trinajstić information content (AvgIpc) is 2.78. The van der Waals surface area contributed by atoms with Crippen molar-refractivity contribution in [3.05, 3.63) is 92.4 Å². The van der Waals surface area contributed by atoms with E-state index in [2.05, 4.69) is 37.2 Å². The van der Waals surface area contributed by atoms with Gasteiger partial charge in [0.15, 0.2) is 0 Å². The van der Waals surface area contributed by atoms with Crippen molar-refractivity contribution < 1.29 is 24.2 Å². The van der Waals surface area contributed by atoms with Crippen molar-refractivity contribution in [1.29, 1.82) is 0 Å². The van der Waals surface area contributed by atoms with Crippen molar-refractivity contribution >= 4 is 61.5 Å². The summed E-state index contributed by atoms with van der Waals surface area (Å²) >= 11 is 6.95. The monoisotopic (exact) mass is 570 g/mol. The Bertz CT molecular complexity index is 1290. The van der Waals surface area contributed by atoms with Crippen LogP contribution in [-0.2, 0) is 16.2 Å². The summed E-state index contributed by atoms with van der Waals surface area (Å²) in [6.45, 7) is 0.352. The molecule has 0 aromatic heterocycles. The van der Waals surface area contributed by atoms with Crippen LogP contribution < -0.4 is 15.0 Å². The first-order valence-electron chi connectivity index (χ1n) is 9.70. The largest absolute Gasteiger partial charge is 0.508 e. The van der Waals surface area contributed by atoms with Gasteiger partial charge in [0.25, 0.3) is 11.8 Å². The minimum atomic E-state index is -0.857. The Balaban J connectivity index is 1.57. The molecule has 1 fully saturated rings. The van der Waals surface area contributed by atoms with E-state index in [4.69, 9.17) is 4.74 Å². The van der Waals surface area contributed by atoms with Gasteiger partial charge in [0.2, 0.25) is 0 Å². The maximum atomic E-state index is 13.0. The fraction of sp³-hybridized carbons (Fsp3) is 0.0417. The number of carbonyl (C=O) groups excluding carboxylic acids is 3. The molecule has 0 bridgehead atoms. The number of halogens is 2. The number of anilines is 1. The number of aromatic hydroxyl groups is 1. The van der Waals surface area contributed by atoms with Crippen LogP contribution in [0.1, 0.15) is 11.1 Å². The van der Waals surface area contributed by atoms with E-state index in [0.29, 0.717) is 22.4 Å². The molecule has 7 nitrogen and oxygen atoms in total. The van der Waals surface area contributed by atoms with Crippen molar-refractivity contribution in [3.8, 4) is 11.5 Å². The molecule has 166 valence electrons. The molecule has 1 aliphatic heterocycles. The maximum Gasteiger partial charge on any atom is 0.335 e. The Morgan fingerprint density at radius 3 is 2.36 bits per heavy atom. The lowest BCUT2D eigenvalue weighted by Gasteiger charge is -2.26. The number of benzene rings is 3. The van der Waals surface area contributed by atoms with Crippen molar-refractivity contribution in [1.82, 2.24) is 5.32 Å². The fourth-order valence-corrected chi connectivity index (χ4v) is 4.07. The van der Waals surface area contributed by atoms with Gasteiger partial charge in [-0.05, 0) is 70.0 Å². The molecule has 4 rings (SSSR count). The van der Waals surface area contributed by atoms with Crippen LogP contribution in [0.5, 0.6) is 11.5 Å². The zero-order valence-electron chi connectivity index (χ0n) is 16.9. The van der Waals surface area contributed by atoms with E-state index in [9.17, 15) is 19.5 Å². The third-order valence-electron chi connectivity index (χ3n) is 4.82. The number of phenolic OH excluding ortho intramolecular Hbond substituents is 1. The summed E-state index contributed by atoms with van der Waals surface area (Å²) in [6.07, 6.45) is 1.40. The van der Waals surface area contributed by atoms with Gasteiger partial charge in [-0.1, -0.05) is 40.2 Å². The van der Waals surface area contributed by atoms with Gasteiger partial charge in [-0.15, -0.1) is 0 Å². The number of ether oxygens (including phenoxy) is 1. The normalized spacial score (nSPS) is 15.0. The standard InChI is InChI=1S/C24H16Br2N2O5/c25-19-4-2-1-3-15(19)13-33-21-10-5-14(12-20(21)26)11-18-22(30)27-24(32)28(23(18)31)16-6-8-17(29)9-7-16/h1-12,29H,13H2,(H,27,30,32)/b18-11+. The molecular formula is C24H16Br2N2O5. The molecule has 1 aliphatic rings. The summed E-state index contributed by atoms with van der Waals surface area (Å²) in [5, 5.41) is 11.6. The van der Waals surface area contributed by atoms with E-state index in [0.717, 1.165) is 14.9 Å². The highest BCUT2D eigenvalue weighted by Crippen LogP contribution is 2.30. The Hall–Kier alpha value is -3.43. The number of hydrogen-bond donors (Lipinski definition) is 2. The van der Waals surface area contributed by atoms with E-state index in [1.54, 1.807) is 18.2 Å². The second-order valence-corrected chi connectivity index (χ2v) is 8.75. The zero-order chi connectivity index (χ0) is 23.5. The Labute approximate surface area is 205 Å². The van der Waals surface area contributed by atoms with Crippen LogP contribution >= 0.6 is 31.9 Å². The number of rotatable bonds is 5. The number of carbonyl (C=O) groups is 3. The van der Waals surface area contributed by atoms with E-state index >= 15 is 0 Å². The van der Waals surface area contributed by atoms with Gasteiger partial charge in [-0.25, -0.2) is 9.69 Å². The van der Waals surface area contributed by atoms with Gasteiger partial charge < -0.3 is 9.84 Å². The van der Waals surface area contributed by atoms with E-state index in [1.165, 1.54) is 30.3 Å². The Morgan fingerprint density at radius 2 is 1.67 bits per heavy atom. The quantitative estimate of drug-likeness (QED) is 0.326. The highest BCUT2D eigenvalue weighted by atomic mass is 79.9. The summed E-state index contributed by atoms with van der Waals surface area (Å²) in [5.74, 6) is -0.972. The van der Waals surface area contributed by atoms with Crippen LogP contribution in [0, 0.1) is 0 Å². The molecular weight excluding hydrogens is 556 g/mol. The average molecular weight is 572 g/mol. The number of hydrogen-bond acceptors (Lipinski definition) is 5. The van der Waals surface area contributed by atoms with E-state index in [1.807, 2.05) is 24.3 Å². The first-order chi connectivity index (χ1) is 15.8. The number of nitrogens with zero attached hydrogens (tertiary/aromatic N) is 1. The molecule has 9 heteroatoms. The van der Waals surface area contributed by atoms with Crippen molar-refractivity contribution in [2.24, 2.45) is 0 Å². The second kappa shape index (κ2) is 9.60. The Morgan fingerprint density at radius 1 is 0.939 bits per heavy atom. The molecule has 33 heavy (non-hydrogen) atoms. The number of urea groups is 1. The number of imide groups is 2. The molecule has 1 heterocycles. The second-order valence-electron chi connectivity index (χ2n) is 7.04. The zero-order valence-corrected chi connectivity index (χ0v) is 20.1. The van der Waals surface area contributed by atoms with Crippen LogP contribution in [0.2, 0.25) is 0 Å². The summed E-state index contributed by atoms with van der Waals surface area (Å²) < 4.78 is 7.45. The van der Waals surface area contributed by atoms with Crippen LogP contribution in [0.3, 0.4) is 0 Å². The van der Waals surface area contributed by atoms with Gasteiger partial charge >= 0.3 is 6.03 Å². The third-order valence-corrected chi connectivity index (χ3v) is 6.21. The molecule has 0 aliphatic carbocycles. The predicted molar refractivity (Wildman–Crippen MR) is 130 cm³/mol. The molecule has 0 radical (unpaired) electrons. The summed E-state index contributed by atoms with van der Waals surface area (Å²) in [7, 11) is 0. The first-order valence-corrected chi connectivity index (χ1v) is 11.3. The molecule has 0 saturated carbocycles. The smallest absolute Gasteiger partial charge is 0.335 e. The van der Waals surface area contributed by atoms with Crippen molar-refractivity contribution in [2.75, 3.05) is 4.90 Å². The highest BCUT2D eigenvalue weighted by Gasteiger charge is 2.36. The summed E-state index contributed by atoms with van der Waals surface area (Å²) in [4.78, 5) is 38.4. The number of barbiturate groups is 1. The molecule has 0 atom stereocenters. The minimum Gasteiger partial charge on any atom is -0.508 e. The molecule has 4 amide bonds. The molecule has 0 unspecified atom stereocenters. The summed E-state index contributed by atoms with van der Waals surface area (Å²) in [5.41, 5.74) is 1.58. The van der Waals surface area contributed by atoms with Crippen LogP contribution in [-0.4, -0.2) is 23.0 Å². The van der Waals surface area contributed by atoms with E-state index in [-0.39, 0.29) is 17.0 Å². The van der Waals surface area contributed by atoms with Crippen LogP contribution in [0.25, 0.3) is 6.08 Å². The van der Waals surface area contributed by atoms with Crippen molar-refractivity contribution in [3.63, 3.8) is 0 Å². The van der Waals surface area contributed by atoms with Crippen LogP contribution in [0.4, 0.5) is 10.5 Å². The van der Waals surface area contributed by atoms with E-state index < -0.39 is 17.8 Å². The topological polar surface area (TPSA) is 95.9 Å². The van der Waals surface area contributed by atoms with Crippen molar-refractivity contribution in [2.45, 2.75) is 6.61 Å². The number of amides is 4. The summed E-state index contributed by atoms with van der Waals surface area (Å²) in [6, 6.07) is 17.5. The lowest BCUT2D eigenvalue weighted by Crippen LogP contribution is -2.54. The van der Waals surface area contributed by atoms with Gasteiger partial charge in [-0.3, -0.25) is 14.9 Å². The molecule has 0 spiro atoms. The molecule has 3 aromatic rings. The Kier molecular flexibility index (Phi) is 6.62. The van der Waals surface area contributed by atoms with Gasteiger partial charge in [-0.2, -0.15) is 0 Å². The van der Waals surface area contributed by atoms with Gasteiger partial charge in [0.1, 0.15) is 23.7 Å². The number of nitrogens with one attached hydrogen (secondary N) is 1. The lowest BCUT2D eigenvalue weighted by molar-refractivity contribution is -0.122. The molecule has 2 N–H and O–H groups in total. The SMILES string of the molecule is O=C1NC(=O)N(c2ccc(O)cc2)C(=O)/C1=C/c1ccc(OCc2ccccc2Br)c(Br)c1. The fourth-order valence-electron chi connectivity index (χ4n) is 3.16. The maximum absolute atomic E-state index is 13.0. The molecule has 1 saturated heterocycles. The predicted octanol–water partition coefficient (Wildman–Crippen LogP) is 5.16. The lowest BCUT2D eigenvalue weighted by atomic mass is 10.1. The van der Waals surface area contributed by atoms with Gasteiger partial charge in [0, 0.05) is 10.0 Å². The third kappa shape index (κ3) is 4.99. The number of phenols is 1.